The highest BCUT2D eigenvalue weighted by Crippen LogP contribution is 2.34. The highest BCUT2D eigenvalue weighted by molar-refractivity contribution is 5.51. The van der Waals surface area contributed by atoms with Crippen LogP contribution in [0.15, 0.2) is 18.2 Å². The Labute approximate surface area is 101 Å². The number of hydrogen-bond acceptors (Lipinski definition) is 2. The molecule has 0 aliphatic carbocycles. The van der Waals surface area contributed by atoms with Gasteiger partial charge >= 0.3 is 6.18 Å². The van der Waals surface area contributed by atoms with E-state index in [1.54, 1.807) is 0 Å². The van der Waals surface area contributed by atoms with Crippen LogP contribution in [0.5, 0.6) is 0 Å². The average molecular weight is 268 g/mol. The SMILES string of the molecule is CN(CC(F)F)c1ccc(CN)c(C(F)(F)F)c1. The Balaban J connectivity index is 3.10. The molecule has 102 valence electrons. The molecule has 0 saturated heterocycles. The number of alkyl halides is 5. The smallest absolute Gasteiger partial charge is 0.369 e. The molecule has 1 aromatic carbocycles. The van der Waals surface area contributed by atoms with Gasteiger partial charge in [0, 0.05) is 19.3 Å². The second kappa shape index (κ2) is 5.51. The molecule has 0 unspecified atom stereocenters. The standard InChI is InChI=1S/C11H13F5N2/c1-18(6-10(12)13)8-3-2-7(5-17)9(4-8)11(14,15)16/h2-4,10H,5-6,17H2,1H3. The first kappa shape index (κ1) is 14.7. The van der Waals surface area contributed by atoms with E-state index in [9.17, 15) is 22.0 Å². The molecule has 0 heterocycles. The molecule has 7 heteroatoms. The maximum atomic E-state index is 12.7. The van der Waals surface area contributed by atoms with E-state index in [-0.39, 0.29) is 17.8 Å². The summed E-state index contributed by atoms with van der Waals surface area (Å²) >= 11 is 0. The zero-order valence-electron chi connectivity index (χ0n) is 9.64. The number of nitrogens with two attached hydrogens (primary N) is 1. The molecule has 0 saturated carbocycles. The van der Waals surface area contributed by atoms with Crippen LogP contribution in [-0.4, -0.2) is 20.0 Å². The minimum Gasteiger partial charge on any atom is -0.369 e. The number of nitrogens with zero attached hydrogens (tertiary/aromatic N) is 1. The van der Waals surface area contributed by atoms with E-state index in [1.807, 2.05) is 0 Å². The lowest BCUT2D eigenvalue weighted by Crippen LogP contribution is -2.24. The molecule has 0 radical (unpaired) electrons. The average Bonchev–Trinajstić information content (AvgIpc) is 2.26. The second-order valence-corrected chi connectivity index (χ2v) is 3.81. The van der Waals surface area contributed by atoms with Crippen LogP contribution < -0.4 is 10.6 Å². The molecule has 2 N–H and O–H groups in total. The molecule has 0 aromatic heterocycles. The summed E-state index contributed by atoms with van der Waals surface area (Å²) in [5.74, 6) is 0. The number of halogens is 5. The van der Waals surface area contributed by atoms with Crippen molar-refractivity contribution >= 4 is 5.69 Å². The third-order valence-corrected chi connectivity index (χ3v) is 2.47. The quantitative estimate of drug-likeness (QED) is 0.851. The first-order chi connectivity index (χ1) is 8.25. The van der Waals surface area contributed by atoms with Crippen LogP contribution in [-0.2, 0) is 12.7 Å². The maximum absolute atomic E-state index is 12.7. The number of hydrogen-bond donors (Lipinski definition) is 1. The monoisotopic (exact) mass is 268 g/mol. The van der Waals surface area contributed by atoms with Gasteiger partial charge in [-0.2, -0.15) is 13.2 Å². The third kappa shape index (κ3) is 3.56. The van der Waals surface area contributed by atoms with Crippen molar-refractivity contribution in [2.24, 2.45) is 5.73 Å². The zero-order valence-corrected chi connectivity index (χ0v) is 9.64. The van der Waals surface area contributed by atoms with Crippen molar-refractivity contribution in [2.45, 2.75) is 19.1 Å². The van der Waals surface area contributed by atoms with Gasteiger partial charge in [-0.05, 0) is 17.7 Å². The predicted octanol–water partition coefficient (Wildman–Crippen LogP) is 2.87. The Morgan fingerprint density at radius 1 is 1.28 bits per heavy atom. The van der Waals surface area contributed by atoms with Gasteiger partial charge in [-0.1, -0.05) is 6.07 Å². The van der Waals surface area contributed by atoms with Gasteiger partial charge in [-0.25, -0.2) is 8.78 Å². The fraction of sp³-hybridized carbons (Fsp3) is 0.455. The lowest BCUT2D eigenvalue weighted by atomic mass is 10.1. The lowest BCUT2D eigenvalue weighted by Gasteiger charge is -2.21. The molecule has 0 amide bonds. The number of anilines is 1. The largest absolute Gasteiger partial charge is 0.416 e. The molecule has 1 aromatic rings. The van der Waals surface area contributed by atoms with Gasteiger partial charge in [0.05, 0.1) is 12.1 Å². The van der Waals surface area contributed by atoms with E-state index in [4.69, 9.17) is 5.73 Å². The number of benzene rings is 1. The Morgan fingerprint density at radius 2 is 1.89 bits per heavy atom. The van der Waals surface area contributed by atoms with E-state index in [0.29, 0.717) is 0 Å². The van der Waals surface area contributed by atoms with Crippen molar-refractivity contribution in [2.75, 3.05) is 18.5 Å². The Morgan fingerprint density at radius 3 is 2.33 bits per heavy atom. The summed E-state index contributed by atoms with van der Waals surface area (Å²) in [4.78, 5) is 1.07. The highest BCUT2D eigenvalue weighted by Gasteiger charge is 2.33. The van der Waals surface area contributed by atoms with Crippen molar-refractivity contribution in [1.82, 2.24) is 0 Å². The minimum atomic E-state index is -4.55. The van der Waals surface area contributed by atoms with Crippen LogP contribution in [0, 0.1) is 0 Å². The summed E-state index contributed by atoms with van der Waals surface area (Å²) in [7, 11) is 1.31. The van der Waals surface area contributed by atoms with Crippen LogP contribution in [0.3, 0.4) is 0 Å². The van der Waals surface area contributed by atoms with Gasteiger partial charge in [-0.3, -0.25) is 0 Å². The molecule has 0 bridgehead atoms. The molecule has 1 rings (SSSR count). The van der Waals surface area contributed by atoms with Gasteiger partial charge in [0.15, 0.2) is 0 Å². The molecule has 0 atom stereocenters. The van der Waals surface area contributed by atoms with Crippen molar-refractivity contribution in [3.63, 3.8) is 0 Å². The second-order valence-electron chi connectivity index (χ2n) is 3.81. The minimum absolute atomic E-state index is 0.0586. The molecule has 0 fully saturated rings. The van der Waals surface area contributed by atoms with Crippen molar-refractivity contribution in [1.29, 1.82) is 0 Å². The summed E-state index contributed by atoms with van der Waals surface area (Å²) in [6.45, 7) is -0.882. The fourth-order valence-corrected chi connectivity index (χ4v) is 1.56. The summed E-state index contributed by atoms with van der Waals surface area (Å²) in [5, 5.41) is 0. The zero-order chi connectivity index (χ0) is 13.9. The summed E-state index contributed by atoms with van der Waals surface area (Å²) < 4.78 is 62.5. The van der Waals surface area contributed by atoms with Crippen LogP contribution in [0.2, 0.25) is 0 Å². The van der Waals surface area contributed by atoms with E-state index >= 15 is 0 Å². The van der Waals surface area contributed by atoms with Crippen LogP contribution in [0.25, 0.3) is 0 Å². The molecule has 0 aliphatic heterocycles. The molecule has 0 spiro atoms. The Bertz CT molecular complexity index is 403. The summed E-state index contributed by atoms with van der Waals surface area (Å²) in [6.07, 6.45) is -7.16. The topological polar surface area (TPSA) is 29.3 Å². The van der Waals surface area contributed by atoms with Crippen molar-refractivity contribution in [3.05, 3.63) is 29.3 Å². The fourth-order valence-electron chi connectivity index (χ4n) is 1.56. The maximum Gasteiger partial charge on any atom is 0.416 e. The molecule has 2 nitrogen and oxygen atoms in total. The van der Waals surface area contributed by atoms with E-state index < -0.39 is 24.7 Å². The first-order valence-corrected chi connectivity index (χ1v) is 5.15. The van der Waals surface area contributed by atoms with Gasteiger partial charge in [0.25, 0.3) is 6.43 Å². The molecular weight excluding hydrogens is 255 g/mol. The summed E-state index contributed by atoms with van der Waals surface area (Å²) in [5.41, 5.74) is 4.36. The normalized spacial score (nSPS) is 12.0. The van der Waals surface area contributed by atoms with Gasteiger partial charge in [0.2, 0.25) is 0 Å². The van der Waals surface area contributed by atoms with E-state index in [1.165, 1.54) is 19.2 Å². The lowest BCUT2D eigenvalue weighted by molar-refractivity contribution is -0.138. The van der Waals surface area contributed by atoms with Gasteiger partial charge in [0.1, 0.15) is 0 Å². The van der Waals surface area contributed by atoms with Crippen LogP contribution >= 0.6 is 0 Å². The highest BCUT2D eigenvalue weighted by atomic mass is 19.4. The van der Waals surface area contributed by atoms with E-state index in [2.05, 4.69) is 0 Å². The Hall–Kier alpha value is -1.37. The third-order valence-electron chi connectivity index (χ3n) is 2.47. The predicted molar refractivity (Wildman–Crippen MR) is 58.6 cm³/mol. The van der Waals surface area contributed by atoms with Gasteiger partial charge < -0.3 is 10.6 Å². The van der Waals surface area contributed by atoms with Crippen LogP contribution in [0.4, 0.5) is 27.6 Å². The molecule has 18 heavy (non-hydrogen) atoms. The Kier molecular flexibility index (Phi) is 4.50. The summed E-state index contributed by atoms with van der Waals surface area (Å²) in [6, 6.07) is 3.39. The van der Waals surface area contributed by atoms with Crippen LogP contribution in [0.1, 0.15) is 11.1 Å². The number of rotatable bonds is 4. The molecular formula is C11H13F5N2. The first-order valence-electron chi connectivity index (χ1n) is 5.15. The van der Waals surface area contributed by atoms with E-state index in [0.717, 1.165) is 11.0 Å². The van der Waals surface area contributed by atoms with Gasteiger partial charge in [-0.15, -0.1) is 0 Å². The van der Waals surface area contributed by atoms with Crippen molar-refractivity contribution in [3.8, 4) is 0 Å². The van der Waals surface area contributed by atoms with Crippen molar-refractivity contribution < 1.29 is 22.0 Å². The molecule has 0 aliphatic rings.